The lowest BCUT2D eigenvalue weighted by Crippen LogP contribution is -1.98. The predicted molar refractivity (Wildman–Crippen MR) is 69.8 cm³/mol. The van der Waals surface area contributed by atoms with Gasteiger partial charge in [-0.1, -0.05) is 32.7 Å². The Morgan fingerprint density at radius 3 is 3.06 bits per heavy atom. The van der Waals surface area contributed by atoms with E-state index in [1.807, 2.05) is 12.1 Å². The van der Waals surface area contributed by atoms with E-state index in [4.69, 9.17) is 20.9 Å². The van der Waals surface area contributed by atoms with Crippen molar-refractivity contribution in [2.75, 3.05) is 0 Å². The number of nitrogens with zero attached hydrogens (tertiary/aromatic N) is 2. The molecule has 0 unspecified atom stereocenters. The number of aromatic nitrogens is 2. The molecule has 0 saturated heterocycles. The molecule has 94 valence electrons. The van der Waals surface area contributed by atoms with Crippen LogP contribution in [-0.4, -0.2) is 10.1 Å². The van der Waals surface area contributed by atoms with Crippen molar-refractivity contribution in [3.63, 3.8) is 0 Å². The highest BCUT2D eigenvalue weighted by Gasteiger charge is 2.29. The maximum atomic E-state index is 6.02. The van der Waals surface area contributed by atoms with E-state index in [1.165, 1.54) is 0 Å². The molecule has 1 aliphatic rings. The maximum Gasteiger partial charge on any atom is 0.229 e. The van der Waals surface area contributed by atoms with Crippen molar-refractivity contribution in [3.05, 3.63) is 39.4 Å². The number of rotatable bonds is 4. The Labute approximate surface area is 117 Å². The van der Waals surface area contributed by atoms with Crippen molar-refractivity contribution >= 4 is 27.5 Å². The Hall–Kier alpha value is -1.07. The van der Waals surface area contributed by atoms with E-state index < -0.39 is 0 Å². The van der Waals surface area contributed by atoms with E-state index in [1.54, 1.807) is 6.07 Å². The van der Waals surface area contributed by atoms with Gasteiger partial charge >= 0.3 is 0 Å². The lowest BCUT2D eigenvalue weighted by atomic mass is 10.3. The molecule has 0 atom stereocenters. The molecule has 6 heteroatoms. The largest absolute Gasteiger partial charge is 0.484 e. The number of hydrogen-bond acceptors (Lipinski definition) is 4. The van der Waals surface area contributed by atoms with E-state index in [0.29, 0.717) is 28.4 Å². The molecule has 1 saturated carbocycles. The molecule has 1 heterocycles. The summed E-state index contributed by atoms with van der Waals surface area (Å²) in [6.45, 7) is 0.256. The van der Waals surface area contributed by atoms with Crippen LogP contribution in [0.15, 0.2) is 27.2 Å². The first kappa shape index (κ1) is 12.0. The quantitative estimate of drug-likeness (QED) is 0.852. The predicted octanol–water partition coefficient (Wildman–Crippen LogP) is 3.94. The van der Waals surface area contributed by atoms with Crippen molar-refractivity contribution in [3.8, 4) is 5.75 Å². The summed E-state index contributed by atoms with van der Waals surface area (Å²) < 4.78 is 11.6. The lowest BCUT2D eigenvalue weighted by Gasteiger charge is -2.05. The van der Waals surface area contributed by atoms with Gasteiger partial charge in [0.15, 0.2) is 6.61 Å². The Kier molecular flexibility index (Phi) is 3.26. The number of halogens is 2. The minimum atomic E-state index is 0.256. The fraction of sp³-hybridized carbons (Fsp3) is 0.333. The van der Waals surface area contributed by atoms with Gasteiger partial charge in [0, 0.05) is 10.4 Å². The number of hydrogen-bond donors (Lipinski definition) is 0. The van der Waals surface area contributed by atoms with Gasteiger partial charge in [0.05, 0.1) is 5.02 Å². The van der Waals surface area contributed by atoms with Crippen molar-refractivity contribution in [1.29, 1.82) is 0 Å². The van der Waals surface area contributed by atoms with Gasteiger partial charge in [0.25, 0.3) is 0 Å². The van der Waals surface area contributed by atoms with Crippen LogP contribution in [0.1, 0.15) is 30.5 Å². The smallest absolute Gasteiger partial charge is 0.229 e. The highest BCUT2D eigenvalue weighted by molar-refractivity contribution is 9.10. The Morgan fingerprint density at radius 2 is 2.28 bits per heavy atom. The zero-order valence-electron chi connectivity index (χ0n) is 9.40. The van der Waals surface area contributed by atoms with E-state index in [9.17, 15) is 0 Å². The highest BCUT2D eigenvalue weighted by Crippen LogP contribution is 2.38. The van der Waals surface area contributed by atoms with E-state index >= 15 is 0 Å². The van der Waals surface area contributed by atoms with Crippen molar-refractivity contribution in [2.45, 2.75) is 25.4 Å². The van der Waals surface area contributed by atoms with E-state index in [-0.39, 0.29) is 6.61 Å². The van der Waals surface area contributed by atoms with Crippen LogP contribution < -0.4 is 4.74 Å². The maximum absolute atomic E-state index is 6.02. The van der Waals surface area contributed by atoms with E-state index in [2.05, 4.69) is 26.1 Å². The van der Waals surface area contributed by atoms with Crippen LogP contribution in [0, 0.1) is 0 Å². The molecular formula is C12H10BrClN2O2. The van der Waals surface area contributed by atoms with Gasteiger partial charge in [-0.05, 0) is 31.0 Å². The van der Waals surface area contributed by atoms with Gasteiger partial charge in [0.2, 0.25) is 11.7 Å². The van der Waals surface area contributed by atoms with Crippen LogP contribution >= 0.6 is 27.5 Å². The molecule has 1 aliphatic carbocycles. The summed E-state index contributed by atoms with van der Waals surface area (Å²) in [6.07, 6.45) is 2.28. The summed E-state index contributed by atoms with van der Waals surface area (Å²) in [7, 11) is 0. The molecule has 0 N–H and O–H groups in total. The zero-order chi connectivity index (χ0) is 12.5. The first-order valence-corrected chi connectivity index (χ1v) is 6.80. The third-order valence-electron chi connectivity index (χ3n) is 2.66. The minimum absolute atomic E-state index is 0.256. The summed E-state index contributed by atoms with van der Waals surface area (Å²) in [6, 6.07) is 5.44. The summed E-state index contributed by atoms with van der Waals surface area (Å²) in [5.41, 5.74) is 0. The topological polar surface area (TPSA) is 48.2 Å². The molecule has 18 heavy (non-hydrogen) atoms. The fourth-order valence-electron chi connectivity index (χ4n) is 1.55. The van der Waals surface area contributed by atoms with Crippen LogP contribution in [0.4, 0.5) is 0 Å². The van der Waals surface area contributed by atoms with Crippen LogP contribution in [0.25, 0.3) is 0 Å². The third-order valence-corrected chi connectivity index (χ3v) is 3.47. The molecule has 1 aromatic heterocycles. The minimum Gasteiger partial charge on any atom is -0.484 e. The first-order chi connectivity index (χ1) is 8.72. The molecule has 0 bridgehead atoms. The molecule has 3 rings (SSSR count). The zero-order valence-corrected chi connectivity index (χ0v) is 11.7. The summed E-state index contributed by atoms with van der Waals surface area (Å²) >= 11 is 9.38. The average molecular weight is 330 g/mol. The summed E-state index contributed by atoms with van der Waals surface area (Å²) in [5.74, 6) is 2.33. The molecule has 0 radical (unpaired) electrons. The molecule has 0 aliphatic heterocycles. The molecule has 1 aromatic carbocycles. The lowest BCUT2D eigenvalue weighted by molar-refractivity contribution is 0.285. The van der Waals surface area contributed by atoms with E-state index in [0.717, 1.165) is 17.3 Å². The van der Waals surface area contributed by atoms with Crippen molar-refractivity contribution < 1.29 is 9.26 Å². The number of ether oxygens (including phenoxy) is 1. The van der Waals surface area contributed by atoms with Crippen LogP contribution in [0.5, 0.6) is 5.75 Å². The van der Waals surface area contributed by atoms with Gasteiger partial charge in [-0.25, -0.2) is 0 Å². The van der Waals surface area contributed by atoms with Gasteiger partial charge in [-0.15, -0.1) is 0 Å². The Morgan fingerprint density at radius 1 is 1.44 bits per heavy atom. The molecule has 0 spiro atoms. The Balaban J connectivity index is 1.67. The normalized spacial score (nSPS) is 14.8. The Bertz CT molecular complexity index is 569. The van der Waals surface area contributed by atoms with Gasteiger partial charge in [-0.3, -0.25) is 0 Å². The fourth-order valence-corrected chi connectivity index (χ4v) is 2.06. The SMILES string of the molecule is Clc1ccc(Br)cc1OCc1noc(C2CC2)n1. The second-order valence-corrected chi connectivity index (χ2v) is 5.51. The second-order valence-electron chi connectivity index (χ2n) is 4.19. The first-order valence-electron chi connectivity index (χ1n) is 5.63. The van der Waals surface area contributed by atoms with Crippen LogP contribution in [-0.2, 0) is 6.61 Å². The summed E-state index contributed by atoms with van der Waals surface area (Å²) in [4.78, 5) is 4.28. The van der Waals surface area contributed by atoms with Crippen molar-refractivity contribution in [1.82, 2.24) is 10.1 Å². The average Bonchev–Trinajstić information content (AvgIpc) is 3.10. The monoisotopic (exact) mass is 328 g/mol. The highest BCUT2D eigenvalue weighted by atomic mass is 79.9. The van der Waals surface area contributed by atoms with Crippen LogP contribution in [0.3, 0.4) is 0 Å². The van der Waals surface area contributed by atoms with Gasteiger partial charge in [-0.2, -0.15) is 4.98 Å². The number of benzene rings is 1. The third kappa shape index (κ3) is 2.67. The van der Waals surface area contributed by atoms with Gasteiger partial charge in [0.1, 0.15) is 5.75 Å². The van der Waals surface area contributed by atoms with Gasteiger partial charge < -0.3 is 9.26 Å². The summed E-state index contributed by atoms with van der Waals surface area (Å²) in [5, 5.41) is 4.44. The molecule has 0 amide bonds. The second kappa shape index (κ2) is 4.90. The standard InChI is InChI=1S/C12H10BrClN2O2/c13-8-3-4-9(14)10(5-8)17-6-11-15-12(18-16-11)7-1-2-7/h3-5,7H,1-2,6H2. The molecule has 2 aromatic rings. The van der Waals surface area contributed by atoms with Crippen molar-refractivity contribution in [2.24, 2.45) is 0 Å². The molecule has 1 fully saturated rings. The molecule has 4 nitrogen and oxygen atoms in total. The van der Waals surface area contributed by atoms with Crippen LogP contribution in [0.2, 0.25) is 5.02 Å². The molecular weight excluding hydrogens is 320 g/mol.